The number of ether oxygens (including phenoxy) is 1. The van der Waals surface area contributed by atoms with E-state index in [9.17, 15) is 19.7 Å². The molecule has 164 valence electrons. The van der Waals surface area contributed by atoms with Crippen LogP contribution in [0, 0.1) is 17.0 Å². The van der Waals surface area contributed by atoms with E-state index in [1.807, 2.05) is 13.0 Å². The molecular weight excluding hydrogens is 452 g/mol. The van der Waals surface area contributed by atoms with Gasteiger partial charge in [-0.15, -0.1) is 11.3 Å². The largest absolute Gasteiger partial charge is 0.462 e. The van der Waals surface area contributed by atoms with Crippen molar-refractivity contribution in [3.63, 3.8) is 0 Å². The number of benzene rings is 2. The lowest BCUT2D eigenvalue weighted by molar-refractivity contribution is -0.384. The molecule has 7 nitrogen and oxygen atoms in total. The van der Waals surface area contributed by atoms with Gasteiger partial charge in [-0.25, -0.2) is 4.79 Å². The Hall–Kier alpha value is -3.49. The fraction of sp³-hybridized carbons (Fsp3) is 0.130. The zero-order valence-electron chi connectivity index (χ0n) is 17.3. The SMILES string of the molecule is CCOC(=O)c1c(NC(=O)/C=C/c2cccc(Cl)c2)sc(C)c1-c1ccc([N+](=O)[O-])cc1. The molecule has 1 heterocycles. The van der Waals surface area contributed by atoms with Crippen LogP contribution in [0.15, 0.2) is 54.6 Å². The molecule has 0 unspecified atom stereocenters. The van der Waals surface area contributed by atoms with Crippen molar-refractivity contribution in [1.29, 1.82) is 0 Å². The number of esters is 1. The molecule has 0 fully saturated rings. The maximum absolute atomic E-state index is 12.7. The molecule has 0 aliphatic rings. The van der Waals surface area contributed by atoms with Crippen LogP contribution in [-0.2, 0) is 9.53 Å². The highest BCUT2D eigenvalue weighted by molar-refractivity contribution is 7.17. The van der Waals surface area contributed by atoms with Gasteiger partial charge < -0.3 is 10.1 Å². The number of aryl methyl sites for hydroxylation is 1. The van der Waals surface area contributed by atoms with Crippen LogP contribution < -0.4 is 5.32 Å². The second-order valence-corrected chi connectivity index (χ2v) is 8.30. The number of carbonyl (C=O) groups is 2. The molecule has 1 aromatic heterocycles. The smallest absolute Gasteiger partial charge is 0.341 e. The van der Waals surface area contributed by atoms with Crippen LogP contribution in [0.2, 0.25) is 5.02 Å². The van der Waals surface area contributed by atoms with E-state index in [1.165, 1.54) is 29.5 Å². The molecular formula is C23H19ClN2O5S. The third-order valence-electron chi connectivity index (χ3n) is 4.44. The van der Waals surface area contributed by atoms with Crippen molar-refractivity contribution in [2.45, 2.75) is 13.8 Å². The number of non-ortho nitro benzene ring substituents is 1. The fourth-order valence-corrected chi connectivity index (χ4v) is 4.33. The first-order valence-corrected chi connectivity index (χ1v) is 10.8. The number of hydrogen-bond donors (Lipinski definition) is 1. The Balaban J connectivity index is 1.95. The van der Waals surface area contributed by atoms with Gasteiger partial charge in [0.2, 0.25) is 5.91 Å². The van der Waals surface area contributed by atoms with Gasteiger partial charge in [0.05, 0.1) is 11.5 Å². The van der Waals surface area contributed by atoms with Crippen LogP contribution in [0.1, 0.15) is 27.7 Å². The zero-order valence-corrected chi connectivity index (χ0v) is 18.8. The second kappa shape index (κ2) is 10.2. The van der Waals surface area contributed by atoms with Crippen LogP contribution in [0.4, 0.5) is 10.7 Å². The van der Waals surface area contributed by atoms with Gasteiger partial charge in [-0.1, -0.05) is 23.7 Å². The van der Waals surface area contributed by atoms with Crippen LogP contribution in [0.3, 0.4) is 0 Å². The summed E-state index contributed by atoms with van der Waals surface area (Å²) in [7, 11) is 0. The molecule has 32 heavy (non-hydrogen) atoms. The number of nitro groups is 1. The number of hydrogen-bond acceptors (Lipinski definition) is 6. The quantitative estimate of drug-likeness (QED) is 0.194. The Labute approximate surface area is 193 Å². The van der Waals surface area contributed by atoms with Crippen molar-refractivity contribution >= 4 is 51.6 Å². The molecule has 1 amide bonds. The predicted molar refractivity (Wildman–Crippen MR) is 126 cm³/mol. The van der Waals surface area contributed by atoms with Gasteiger partial charge in [0.1, 0.15) is 10.6 Å². The number of nitrogens with one attached hydrogen (secondary N) is 1. The molecule has 0 aliphatic heterocycles. The maximum atomic E-state index is 12.7. The summed E-state index contributed by atoms with van der Waals surface area (Å²) in [5.41, 5.74) is 2.10. The maximum Gasteiger partial charge on any atom is 0.341 e. The van der Waals surface area contributed by atoms with E-state index in [4.69, 9.17) is 16.3 Å². The third-order valence-corrected chi connectivity index (χ3v) is 5.70. The van der Waals surface area contributed by atoms with Crippen molar-refractivity contribution in [3.05, 3.63) is 85.7 Å². The highest BCUT2D eigenvalue weighted by atomic mass is 35.5. The van der Waals surface area contributed by atoms with Crippen molar-refractivity contribution in [1.82, 2.24) is 0 Å². The molecule has 3 rings (SSSR count). The van der Waals surface area contributed by atoms with E-state index in [0.29, 0.717) is 21.2 Å². The highest BCUT2D eigenvalue weighted by Crippen LogP contribution is 2.40. The number of anilines is 1. The summed E-state index contributed by atoms with van der Waals surface area (Å²) in [6.45, 7) is 3.66. The highest BCUT2D eigenvalue weighted by Gasteiger charge is 2.25. The lowest BCUT2D eigenvalue weighted by Gasteiger charge is -2.08. The second-order valence-electron chi connectivity index (χ2n) is 6.64. The molecule has 0 atom stereocenters. The van der Waals surface area contributed by atoms with Gasteiger partial charge in [0.15, 0.2) is 0 Å². The van der Waals surface area contributed by atoms with Crippen molar-refractivity contribution < 1.29 is 19.2 Å². The number of halogens is 1. The molecule has 0 spiro atoms. The zero-order chi connectivity index (χ0) is 23.3. The Kier molecular flexibility index (Phi) is 7.40. The Bertz CT molecular complexity index is 1200. The Morgan fingerprint density at radius 1 is 1.22 bits per heavy atom. The Morgan fingerprint density at radius 2 is 1.94 bits per heavy atom. The van der Waals surface area contributed by atoms with Gasteiger partial charge in [0.25, 0.3) is 5.69 Å². The first kappa shape index (κ1) is 23.2. The number of nitro benzene ring substituents is 1. The first-order chi connectivity index (χ1) is 15.3. The minimum Gasteiger partial charge on any atom is -0.462 e. The number of rotatable bonds is 7. The fourth-order valence-electron chi connectivity index (χ4n) is 3.06. The van der Waals surface area contributed by atoms with Gasteiger partial charge in [-0.2, -0.15) is 0 Å². The van der Waals surface area contributed by atoms with Gasteiger partial charge >= 0.3 is 5.97 Å². The summed E-state index contributed by atoms with van der Waals surface area (Å²) < 4.78 is 5.21. The van der Waals surface area contributed by atoms with Crippen molar-refractivity contribution in [2.24, 2.45) is 0 Å². The monoisotopic (exact) mass is 470 g/mol. The van der Waals surface area contributed by atoms with Crippen LogP contribution in [-0.4, -0.2) is 23.4 Å². The molecule has 0 radical (unpaired) electrons. The first-order valence-electron chi connectivity index (χ1n) is 9.60. The molecule has 0 saturated carbocycles. The van der Waals surface area contributed by atoms with Crippen LogP contribution >= 0.6 is 22.9 Å². The van der Waals surface area contributed by atoms with Crippen molar-refractivity contribution in [3.8, 4) is 11.1 Å². The van der Waals surface area contributed by atoms with E-state index in [2.05, 4.69) is 5.32 Å². The van der Waals surface area contributed by atoms with E-state index < -0.39 is 16.8 Å². The van der Waals surface area contributed by atoms with E-state index in [1.54, 1.807) is 43.3 Å². The molecule has 2 aromatic carbocycles. The lowest BCUT2D eigenvalue weighted by Crippen LogP contribution is -2.12. The summed E-state index contributed by atoms with van der Waals surface area (Å²) in [6.07, 6.45) is 2.96. The van der Waals surface area contributed by atoms with Gasteiger partial charge in [-0.3, -0.25) is 14.9 Å². The molecule has 0 saturated heterocycles. The minimum absolute atomic E-state index is 0.0565. The average molecular weight is 471 g/mol. The molecule has 3 aromatic rings. The summed E-state index contributed by atoms with van der Waals surface area (Å²) in [6, 6.07) is 12.9. The number of amides is 1. The normalized spacial score (nSPS) is 10.8. The summed E-state index contributed by atoms with van der Waals surface area (Å²) in [4.78, 5) is 36.5. The molecule has 9 heteroatoms. The summed E-state index contributed by atoms with van der Waals surface area (Å²) in [5.74, 6) is -1.01. The van der Waals surface area contributed by atoms with Gasteiger partial charge in [-0.05, 0) is 55.3 Å². The number of nitrogens with zero attached hydrogens (tertiary/aromatic N) is 1. The van der Waals surface area contributed by atoms with Crippen LogP contribution in [0.25, 0.3) is 17.2 Å². The minimum atomic E-state index is -0.584. The van der Waals surface area contributed by atoms with Crippen LogP contribution in [0.5, 0.6) is 0 Å². The Morgan fingerprint density at radius 3 is 2.56 bits per heavy atom. The summed E-state index contributed by atoms with van der Waals surface area (Å²) >= 11 is 7.19. The number of thiophene rings is 1. The lowest BCUT2D eigenvalue weighted by atomic mass is 10.0. The molecule has 1 N–H and O–H groups in total. The van der Waals surface area contributed by atoms with E-state index >= 15 is 0 Å². The van der Waals surface area contributed by atoms with E-state index in [-0.39, 0.29) is 17.9 Å². The van der Waals surface area contributed by atoms with Crippen molar-refractivity contribution in [2.75, 3.05) is 11.9 Å². The third kappa shape index (κ3) is 5.40. The van der Waals surface area contributed by atoms with Gasteiger partial charge in [0, 0.05) is 33.7 Å². The standard InChI is InChI=1S/C23H19ClN2O5S/c1-3-31-23(28)21-20(16-8-10-18(11-9-16)26(29)30)14(2)32-22(21)25-19(27)12-7-15-5-4-6-17(24)13-15/h4-13H,3H2,1-2H3,(H,25,27)/b12-7+. The topological polar surface area (TPSA) is 98.5 Å². The van der Waals surface area contributed by atoms with E-state index in [0.717, 1.165) is 10.4 Å². The summed E-state index contributed by atoms with van der Waals surface area (Å²) in [5, 5.41) is 14.6. The molecule has 0 bridgehead atoms. The predicted octanol–water partition coefficient (Wildman–Crippen LogP) is 6.11. The molecule has 0 aliphatic carbocycles. The average Bonchev–Trinajstić information content (AvgIpc) is 3.08. The number of carbonyl (C=O) groups excluding carboxylic acids is 2.